The minimum Gasteiger partial charge on any atom is -0.424 e. The van der Waals surface area contributed by atoms with Crippen LogP contribution in [-0.2, 0) is 38.1 Å². The van der Waals surface area contributed by atoms with Crippen LogP contribution in [0.15, 0.2) is 60.7 Å². The van der Waals surface area contributed by atoms with Gasteiger partial charge in [-0.2, -0.15) is 11.8 Å². The van der Waals surface area contributed by atoms with Crippen molar-refractivity contribution < 1.29 is 47.5 Å². The number of rotatable bonds is 19. The quantitative estimate of drug-likeness (QED) is 0.0306. The maximum Gasteiger partial charge on any atom is 0.373 e. The first kappa shape index (κ1) is 52.3. The number of fused-ring (bicyclic) bond motifs is 6. The van der Waals surface area contributed by atoms with Gasteiger partial charge >= 0.3 is 7.60 Å². The summed E-state index contributed by atoms with van der Waals surface area (Å²) in [6, 6.07) is 16.6. The van der Waals surface area contributed by atoms with Gasteiger partial charge in [0.1, 0.15) is 17.8 Å². The maximum atomic E-state index is 15.1. The third-order valence-corrected chi connectivity index (χ3v) is 18.9. The molecule has 4 fully saturated rings. The van der Waals surface area contributed by atoms with E-state index in [4.69, 9.17) is 27.7 Å². The van der Waals surface area contributed by atoms with Gasteiger partial charge in [-0.25, -0.2) is 4.57 Å². The van der Waals surface area contributed by atoms with Crippen LogP contribution in [0, 0.1) is 22.2 Å². The Kier molecular flexibility index (Phi) is 13.7. The van der Waals surface area contributed by atoms with Crippen molar-refractivity contribution in [3.05, 3.63) is 71.8 Å². The van der Waals surface area contributed by atoms with Crippen molar-refractivity contribution in [1.82, 2.24) is 15.5 Å². The minimum atomic E-state index is -3.96. The summed E-state index contributed by atoms with van der Waals surface area (Å²) in [7, 11) is -3.96. The van der Waals surface area contributed by atoms with Gasteiger partial charge in [-0.05, 0) is 79.2 Å². The fraction of sp³-hybridized carbons (Fsp3) is 0.500. The molecule has 392 valence electrons. The van der Waals surface area contributed by atoms with Gasteiger partial charge in [0.15, 0.2) is 0 Å². The molecule has 3 saturated carbocycles. The molecule has 74 heavy (non-hydrogen) atoms. The van der Waals surface area contributed by atoms with Crippen LogP contribution in [0.4, 0.5) is 17.1 Å². The van der Waals surface area contributed by atoms with Crippen molar-refractivity contribution in [2.45, 2.75) is 101 Å². The smallest absolute Gasteiger partial charge is 0.373 e. The van der Waals surface area contributed by atoms with E-state index in [1.807, 2.05) is 60.9 Å². The van der Waals surface area contributed by atoms with Crippen LogP contribution in [0.1, 0.15) is 95.1 Å². The molecule has 3 aliphatic carbocycles. The molecule has 7 amide bonds. The topological polar surface area (TPSA) is 212 Å². The summed E-state index contributed by atoms with van der Waals surface area (Å²) in [6.45, 7) is 7.26. The number of benzene rings is 4. The number of anilines is 3. The van der Waals surface area contributed by atoms with Gasteiger partial charge in [0.25, 0.3) is 0 Å². The van der Waals surface area contributed by atoms with Crippen molar-refractivity contribution in [2.75, 3.05) is 59.4 Å². The highest BCUT2D eigenvalue weighted by Gasteiger charge is 3.01. The Morgan fingerprint density at radius 1 is 0.797 bits per heavy atom. The average Bonchev–Trinajstić information content (AvgIpc) is 3.82. The van der Waals surface area contributed by atoms with E-state index >= 15 is 4.79 Å². The molecule has 9 unspecified atom stereocenters. The standard InChI is InChI=1S/C54H61Cl2N6O10PS/c1-29(2)46(59-42(63)17-7-6-12-18-60-43(64)21-41(74-5)49(60)67)48(66)57-30(3)47(65)58-37-19-38-44(35-15-10-8-13-33(35)37)31(22-55)24-61(38)50(68)52-26-53(28-54(52,53)27-52)51(69)62-25-32(23-56)45-36-16-11-9-14-34(36)40(20-39(45)62)72-73(4,70)71/h8-11,13-16,19-20,29-32,41,46H,6-7,12,17-18,21-28H2,1-5H3,(H,57,66)(H,58,65)(H,59,63)(H,70,71). The Bertz CT molecular complexity index is 3120. The zero-order valence-corrected chi connectivity index (χ0v) is 45.2. The van der Waals surface area contributed by atoms with Crippen molar-refractivity contribution in [3.8, 4) is 5.75 Å². The molecule has 16 nitrogen and oxygen atoms in total. The number of amides is 7. The number of unbranched alkanes of at least 4 members (excludes halogenated alkanes) is 2. The molecule has 4 N–H and O–H groups in total. The summed E-state index contributed by atoms with van der Waals surface area (Å²) in [5.74, 6) is -1.84. The monoisotopic (exact) mass is 1090 g/mol. The first-order valence-electron chi connectivity index (χ1n) is 25.4. The van der Waals surface area contributed by atoms with E-state index in [1.165, 1.54) is 16.7 Å². The third kappa shape index (κ3) is 8.56. The second kappa shape index (κ2) is 19.4. The Labute approximate surface area is 443 Å². The zero-order valence-electron chi connectivity index (χ0n) is 42.0. The second-order valence-corrected chi connectivity index (χ2v) is 25.0. The van der Waals surface area contributed by atoms with Crippen LogP contribution in [0.25, 0.3) is 21.5 Å². The maximum absolute atomic E-state index is 15.1. The lowest BCUT2D eigenvalue weighted by Crippen LogP contribution is -2.53. The molecule has 3 aliphatic heterocycles. The van der Waals surface area contributed by atoms with Crippen molar-refractivity contribution in [2.24, 2.45) is 22.2 Å². The Hall–Kier alpha value is -5.19. The second-order valence-electron chi connectivity index (χ2n) is 21.6. The molecule has 0 radical (unpaired) electrons. The van der Waals surface area contributed by atoms with Crippen LogP contribution in [0.2, 0.25) is 0 Å². The molecule has 4 aromatic carbocycles. The van der Waals surface area contributed by atoms with E-state index < -0.39 is 47.7 Å². The number of hydrogen-bond acceptors (Lipinski definition) is 10. The zero-order chi connectivity index (χ0) is 52.8. The van der Waals surface area contributed by atoms with Gasteiger partial charge in [-0.3, -0.25) is 38.5 Å². The molecule has 4 aromatic rings. The van der Waals surface area contributed by atoms with E-state index in [1.54, 1.807) is 36.6 Å². The fourth-order valence-electron chi connectivity index (χ4n) is 13.0. The van der Waals surface area contributed by atoms with E-state index in [9.17, 15) is 38.2 Å². The van der Waals surface area contributed by atoms with Crippen molar-refractivity contribution in [3.63, 3.8) is 0 Å². The summed E-state index contributed by atoms with van der Waals surface area (Å²) in [6.07, 6.45) is 5.36. The van der Waals surface area contributed by atoms with Crippen molar-refractivity contribution in [1.29, 1.82) is 0 Å². The average molecular weight is 1090 g/mol. The number of hydrogen-bond donors (Lipinski definition) is 4. The first-order valence-corrected chi connectivity index (χ1v) is 29.8. The van der Waals surface area contributed by atoms with Gasteiger partial charge in [-0.1, -0.05) is 68.8 Å². The molecule has 20 heteroatoms. The Balaban J connectivity index is 0.813. The van der Waals surface area contributed by atoms with Crippen LogP contribution in [0.5, 0.6) is 5.75 Å². The molecule has 1 spiro atoms. The lowest BCUT2D eigenvalue weighted by atomic mass is 9.72. The Morgan fingerprint density at radius 3 is 1.91 bits per heavy atom. The van der Waals surface area contributed by atoms with Gasteiger partial charge in [0.2, 0.25) is 41.4 Å². The van der Waals surface area contributed by atoms with Gasteiger partial charge < -0.3 is 35.2 Å². The molecular formula is C54H61Cl2N6O10PS. The van der Waals surface area contributed by atoms with E-state index in [0.717, 1.165) is 34.0 Å². The molecule has 0 bridgehead atoms. The van der Waals surface area contributed by atoms with Crippen molar-refractivity contribution >= 4 is 123 Å². The van der Waals surface area contributed by atoms with Gasteiger partial charge in [0.05, 0.1) is 27.5 Å². The molecule has 6 aliphatic rings. The van der Waals surface area contributed by atoms with Gasteiger partial charge in [0, 0.05) is 90.7 Å². The Morgan fingerprint density at radius 2 is 1.36 bits per heavy atom. The lowest BCUT2D eigenvalue weighted by molar-refractivity contribution is -0.138. The number of likely N-dealkylation sites (tertiary alicyclic amines) is 1. The summed E-state index contributed by atoms with van der Waals surface area (Å²) >= 11 is 14.6. The van der Waals surface area contributed by atoms with Crippen LogP contribution >= 0.6 is 42.6 Å². The number of nitrogens with zero attached hydrogens (tertiary/aromatic N) is 3. The molecule has 3 heterocycles. The summed E-state index contributed by atoms with van der Waals surface area (Å²) in [4.78, 5) is 111. The van der Waals surface area contributed by atoms with E-state index in [-0.39, 0.29) is 82.9 Å². The highest BCUT2D eigenvalue weighted by molar-refractivity contribution is 8.00. The first-order chi connectivity index (χ1) is 35.2. The molecular weight excluding hydrogens is 1030 g/mol. The number of imide groups is 1. The minimum absolute atomic E-state index is 0.0783. The third-order valence-electron chi connectivity index (χ3n) is 16.7. The number of carbonyl (C=O) groups is 7. The fourth-order valence-corrected chi connectivity index (χ4v) is 14.6. The normalized spacial score (nSPS) is 26.7. The highest BCUT2D eigenvalue weighted by Crippen LogP contribution is 3.01. The molecule has 1 saturated heterocycles. The SMILES string of the molecule is CSC1CC(=O)N(CCCCCC(=O)NC(C(=O)NC(C)C(=O)Nc2cc3c(c4ccccc24)C(CCl)CN3C(=O)C23CC4(C(=O)N5CC(CCl)c6c5cc(OP(C)(=O)O)c5ccccc65)CC24C3)C(C)C)C1=O. The summed E-state index contributed by atoms with van der Waals surface area (Å²) in [5.41, 5.74) is 1.47. The van der Waals surface area contributed by atoms with Gasteiger partial charge in [-0.15, -0.1) is 23.2 Å². The lowest BCUT2D eigenvalue weighted by Gasteiger charge is -2.37. The number of nitrogens with one attached hydrogen (secondary N) is 3. The molecule has 0 aromatic heterocycles. The number of carbonyl (C=O) groups excluding carboxylic acids is 7. The largest absolute Gasteiger partial charge is 0.424 e. The van der Waals surface area contributed by atoms with Crippen LogP contribution in [-0.4, -0.2) is 113 Å². The summed E-state index contributed by atoms with van der Waals surface area (Å²) in [5, 5.41) is 11.3. The number of alkyl halides is 2. The summed E-state index contributed by atoms with van der Waals surface area (Å²) < 4.78 is 18.1. The molecule has 10 rings (SSSR count). The predicted molar refractivity (Wildman–Crippen MR) is 287 cm³/mol. The number of halogens is 2. The molecule has 9 atom stereocenters. The van der Waals surface area contributed by atoms with Crippen LogP contribution < -0.4 is 30.3 Å². The predicted octanol–water partition coefficient (Wildman–Crippen LogP) is 8.03. The van der Waals surface area contributed by atoms with Crippen LogP contribution in [0.3, 0.4) is 0 Å². The highest BCUT2D eigenvalue weighted by atomic mass is 35.5. The number of thioether (sulfide) groups is 1. The van der Waals surface area contributed by atoms with E-state index in [0.29, 0.717) is 80.6 Å². The van der Waals surface area contributed by atoms with E-state index in [2.05, 4.69) is 16.0 Å².